The summed E-state index contributed by atoms with van der Waals surface area (Å²) < 4.78 is 0. The molecular formula is C5H12N2O. The molecule has 0 aliphatic heterocycles. The maximum absolute atomic E-state index is 8.33. The largest absolute Gasteiger partial charge is 0.396 e. The van der Waals surface area contributed by atoms with E-state index in [9.17, 15) is 0 Å². The van der Waals surface area contributed by atoms with E-state index in [2.05, 4.69) is 0 Å². The fourth-order valence-corrected chi connectivity index (χ4v) is 0.349. The van der Waals surface area contributed by atoms with Crippen LogP contribution >= 0.6 is 0 Å². The third-order valence-corrected chi connectivity index (χ3v) is 1.09. The monoisotopic (exact) mass is 116 g/mol. The van der Waals surface area contributed by atoms with Crippen molar-refractivity contribution in [2.45, 2.75) is 13.3 Å². The molecule has 0 aromatic heterocycles. The highest BCUT2D eigenvalue weighted by molar-refractivity contribution is 5.79. The fourth-order valence-electron chi connectivity index (χ4n) is 0.349. The van der Waals surface area contributed by atoms with Crippen molar-refractivity contribution in [3.63, 3.8) is 0 Å². The molecule has 0 aliphatic carbocycles. The maximum Gasteiger partial charge on any atom is 0.0935 e. The highest BCUT2D eigenvalue weighted by Gasteiger charge is 2.01. The Hall–Kier alpha value is -0.570. The Kier molecular flexibility index (Phi) is 3.19. The Balaban J connectivity index is 3.32. The Morgan fingerprint density at radius 3 is 2.50 bits per heavy atom. The Labute approximate surface area is 49.0 Å². The van der Waals surface area contributed by atoms with E-state index in [0.29, 0.717) is 6.42 Å². The minimum absolute atomic E-state index is 0.0278. The predicted molar refractivity (Wildman–Crippen MR) is 32.8 cm³/mol. The lowest BCUT2D eigenvalue weighted by atomic mass is 10.1. The molecule has 0 saturated heterocycles. The van der Waals surface area contributed by atoms with Gasteiger partial charge in [0.05, 0.1) is 5.84 Å². The van der Waals surface area contributed by atoms with Crippen LogP contribution in [0.1, 0.15) is 13.3 Å². The van der Waals surface area contributed by atoms with Gasteiger partial charge in [-0.15, -0.1) is 0 Å². The topological polar surface area (TPSA) is 70.1 Å². The van der Waals surface area contributed by atoms with Crippen LogP contribution in [0.3, 0.4) is 0 Å². The average Bonchev–Trinajstić information content (AvgIpc) is 1.67. The van der Waals surface area contributed by atoms with Crippen molar-refractivity contribution in [2.75, 3.05) is 6.61 Å². The van der Waals surface area contributed by atoms with E-state index in [1.807, 2.05) is 6.92 Å². The lowest BCUT2D eigenvalue weighted by Crippen LogP contribution is -2.20. The molecule has 3 heteroatoms. The van der Waals surface area contributed by atoms with E-state index in [4.69, 9.17) is 16.2 Å². The second-order valence-corrected chi connectivity index (χ2v) is 1.87. The van der Waals surface area contributed by atoms with Crippen molar-refractivity contribution >= 4 is 5.84 Å². The molecule has 1 unspecified atom stereocenters. The summed E-state index contributed by atoms with van der Waals surface area (Å²) in [4.78, 5) is 0. The van der Waals surface area contributed by atoms with Gasteiger partial charge in [0.1, 0.15) is 0 Å². The number of nitrogens with two attached hydrogens (primary N) is 1. The number of aliphatic hydroxyl groups excluding tert-OH is 1. The molecule has 0 radical (unpaired) electrons. The normalized spacial score (nSPS) is 13.2. The zero-order chi connectivity index (χ0) is 6.57. The minimum atomic E-state index is 0.0278. The molecule has 48 valence electrons. The third kappa shape index (κ3) is 2.58. The fraction of sp³-hybridized carbons (Fsp3) is 0.800. The summed E-state index contributed by atoms with van der Waals surface area (Å²) in [6.07, 6.45) is 0.593. The number of nitrogens with one attached hydrogen (secondary N) is 1. The van der Waals surface area contributed by atoms with Crippen molar-refractivity contribution in [2.24, 2.45) is 11.7 Å². The first-order chi connectivity index (χ1) is 3.68. The van der Waals surface area contributed by atoms with E-state index >= 15 is 0 Å². The van der Waals surface area contributed by atoms with Crippen LogP contribution in [0.5, 0.6) is 0 Å². The van der Waals surface area contributed by atoms with Gasteiger partial charge in [-0.05, 0) is 6.42 Å². The predicted octanol–water partition coefficient (Wildman–Crippen LogP) is -0.0591. The van der Waals surface area contributed by atoms with E-state index in [1.54, 1.807) is 0 Å². The van der Waals surface area contributed by atoms with Crippen LogP contribution in [-0.2, 0) is 0 Å². The van der Waals surface area contributed by atoms with Gasteiger partial charge in [0.2, 0.25) is 0 Å². The molecule has 1 atom stereocenters. The van der Waals surface area contributed by atoms with Crippen molar-refractivity contribution < 1.29 is 5.11 Å². The summed E-state index contributed by atoms with van der Waals surface area (Å²) in [6, 6.07) is 0. The van der Waals surface area contributed by atoms with Crippen LogP contribution < -0.4 is 5.73 Å². The first-order valence-electron chi connectivity index (χ1n) is 2.63. The molecule has 0 amide bonds. The second kappa shape index (κ2) is 3.43. The molecule has 4 N–H and O–H groups in total. The molecule has 0 bridgehead atoms. The maximum atomic E-state index is 8.33. The van der Waals surface area contributed by atoms with Gasteiger partial charge in [-0.25, -0.2) is 0 Å². The third-order valence-electron chi connectivity index (χ3n) is 1.09. The van der Waals surface area contributed by atoms with Gasteiger partial charge in [-0.3, -0.25) is 5.41 Å². The lowest BCUT2D eigenvalue weighted by molar-refractivity contribution is 0.277. The van der Waals surface area contributed by atoms with Gasteiger partial charge in [0, 0.05) is 12.5 Å². The Bertz CT molecular complexity index is 82.5. The van der Waals surface area contributed by atoms with Crippen LogP contribution in [0.4, 0.5) is 0 Å². The Morgan fingerprint density at radius 2 is 2.38 bits per heavy atom. The zero-order valence-corrected chi connectivity index (χ0v) is 5.02. The highest BCUT2D eigenvalue weighted by Crippen LogP contribution is 1.97. The highest BCUT2D eigenvalue weighted by atomic mass is 16.3. The molecule has 0 aliphatic rings. The van der Waals surface area contributed by atoms with E-state index < -0.39 is 0 Å². The first-order valence-corrected chi connectivity index (χ1v) is 2.63. The summed E-state index contributed by atoms with van der Waals surface area (Å²) >= 11 is 0. The van der Waals surface area contributed by atoms with Crippen molar-refractivity contribution in [3.05, 3.63) is 0 Å². The van der Waals surface area contributed by atoms with Crippen molar-refractivity contribution in [3.8, 4) is 0 Å². The SMILES string of the molecule is CC(CCO)C(=N)N. The van der Waals surface area contributed by atoms with Gasteiger partial charge in [-0.2, -0.15) is 0 Å². The summed E-state index contributed by atoms with van der Waals surface area (Å²) in [6.45, 7) is 1.93. The smallest absolute Gasteiger partial charge is 0.0935 e. The number of aliphatic hydroxyl groups is 1. The van der Waals surface area contributed by atoms with E-state index in [1.165, 1.54) is 0 Å². The van der Waals surface area contributed by atoms with Crippen LogP contribution in [0.2, 0.25) is 0 Å². The quantitative estimate of drug-likeness (QED) is 0.357. The molecule has 0 heterocycles. The summed E-state index contributed by atoms with van der Waals surface area (Å²) in [5, 5.41) is 15.2. The zero-order valence-electron chi connectivity index (χ0n) is 5.02. The molecular weight excluding hydrogens is 104 g/mol. The van der Waals surface area contributed by atoms with E-state index in [-0.39, 0.29) is 18.4 Å². The summed E-state index contributed by atoms with van der Waals surface area (Å²) in [5.74, 6) is 0.180. The van der Waals surface area contributed by atoms with Crippen molar-refractivity contribution in [1.29, 1.82) is 5.41 Å². The van der Waals surface area contributed by atoms with Gasteiger partial charge in [0.25, 0.3) is 0 Å². The summed E-state index contributed by atoms with van der Waals surface area (Å²) in [5.41, 5.74) is 5.09. The number of hydrogen-bond acceptors (Lipinski definition) is 2. The molecule has 3 nitrogen and oxygen atoms in total. The molecule has 0 fully saturated rings. The van der Waals surface area contributed by atoms with E-state index in [0.717, 1.165) is 0 Å². The second-order valence-electron chi connectivity index (χ2n) is 1.87. The number of amidine groups is 1. The molecule has 0 aromatic carbocycles. The molecule has 0 rings (SSSR count). The average molecular weight is 116 g/mol. The van der Waals surface area contributed by atoms with Crippen LogP contribution in [0.25, 0.3) is 0 Å². The standard InChI is InChI=1S/C5H12N2O/c1-4(2-3-8)5(6)7/h4,8H,2-3H2,1H3,(H3,6,7). The van der Waals surface area contributed by atoms with Gasteiger partial charge < -0.3 is 10.8 Å². The molecule has 8 heavy (non-hydrogen) atoms. The summed E-state index contributed by atoms with van der Waals surface area (Å²) in [7, 11) is 0. The Morgan fingerprint density at radius 1 is 1.88 bits per heavy atom. The van der Waals surface area contributed by atoms with Crippen LogP contribution in [0, 0.1) is 11.3 Å². The number of rotatable bonds is 3. The number of hydrogen-bond donors (Lipinski definition) is 3. The van der Waals surface area contributed by atoms with Crippen molar-refractivity contribution in [1.82, 2.24) is 0 Å². The van der Waals surface area contributed by atoms with Gasteiger partial charge in [0.15, 0.2) is 0 Å². The van der Waals surface area contributed by atoms with Gasteiger partial charge in [-0.1, -0.05) is 6.92 Å². The molecule has 0 aromatic rings. The van der Waals surface area contributed by atoms with Gasteiger partial charge >= 0.3 is 0 Å². The van der Waals surface area contributed by atoms with Crippen LogP contribution in [0.15, 0.2) is 0 Å². The first kappa shape index (κ1) is 7.43. The molecule has 0 saturated carbocycles. The molecule has 0 spiro atoms. The van der Waals surface area contributed by atoms with Crippen LogP contribution in [-0.4, -0.2) is 17.5 Å². The lowest BCUT2D eigenvalue weighted by Gasteiger charge is -2.04. The minimum Gasteiger partial charge on any atom is -0.396 e.